The second-order valence-electron chi connectivity index (χ2n) is 8.43. The third-order valence-corrected chi connectivity index (χ3v) is 5.59. The van der Waals surface area contributed by atoms with E-state index in [-0.39, 0.29) is 17.3 Å². The molecular formula is C20H20F4N6. The van der Waals surface area contributed by atoms with Gasteiger partial charge in [0.2, 0.25) is 5.95 Å². The predicted molar refractivity (Wildman–Crippen MR) is 104 cm³/mol. The van der Waals surface area contributed by atoms with Gasteiger partial charge >= 0.3 is 6.18 Å². The highest BCUT2D eigenvalue weighted by Crippen LogP contribution is 2.42. The van der Waals surface area contributed by atoms with Crippen LogP contribution >= 0.6 is 0 Å². The van der Waals surface area contributed by atoms with Crippen molar-refractivity contribution >= 4 is 28.5 Å². The van der Waals surface area contributed by atoms with Crippen LogP contribution in [0.3, 0.4) is 0 Å². The monoisotopic (exact) mass is 420 g/mol. The Labute approximate surface area is 169 Å². The van der Waals surface area contributed by atoms with Gasteiger partial charge in [-0.2, -0.15) is 18.2 Å². The zero-order valence-corrected chi connectivity index (χ0v) is 16.2. The minimum Gasteiger partial charge on any atom is -0.364 e. The van der Waals surface area contributed by atoms with Crippen molar-refractivity contribution in [3.05, 3.63) is 36.0 Å². The molecule has 0 spiro atoms. The van der Waals surface area contributed by atoms with Crippen LogP contribution in [0.25, 0.3) is 11.0 Å². The molecule has 0 saturated heterocycles. The molecule has 3 aromatic rings. The third kappa shape index (κ3) is 3.78. The van der Waals surface area contributed by atoms with E-state index < -0.39 is 17.6 Å². The number of aromatic nitrogens is 4. The first-order chi connectivity index (χ1) is 14.2. The molecule has 30 heavy (non-hydrogen) atoms. The third-order valence-electron chi connectivity index (χ3n) is 5.59. The van der Waals surface area contributed by atoms with E-state index in [0.717, 1.165) is 44.6 Å². The molecule has 0 amide bonds. The van der Waals surface area contributed by atoms with Crippen LogP contribution < -0.4 is 10.6 Å². The first kappa shape index (κ1) is 19.1. The Kier molecular flexibility index (Phi) is 4.16. The molecule has 0 unspecified atom stereocenters. The van der Waals surface area contributed by atoms with Gasteiger partial charge in [-0.3, -0.25) is 0 Å². The standard InChI is InChI=1S/C20H20F4N6/c1-19(4-5-19)29-16-14(20(22,23)24)8-26-18(28-16)27-15-10-30(9-11-2-3-11)17-13(15)6-12(21)7-25-17/h6-8,10-11H,2-5,9H2,1H3,(H2,26,27,28,29). The number of rotatable bonds is 6. The van der Waals surface area contributed by atoms with E-state index in [4.69, 9.17) is 0 Å². The molecule has 0 bridgehead atoms. The summed E-state index contributed by atoms with van der Waals surface area (Å²) in [6, 6.07) is 1.35. The predicted octanol–water partition coefficient (Wildman–Crippen LogP) is 5.10. The van der Waals surface area contributed by atoms with E-state index in [9.17, 15) is 17.6 Å². The lowest BCUT2D eigenvalue weighted by molar-refractivity contribution is -0.137. The van der Waals surface area contributed by atoms with E-state index in [2.05, 4.69) is 25.6 Å². The van der Waals surface area contributed by atoms with Crippen molar-refractivity contribution in [2.24, 2.45) is 5.92 Å². The average Bonchev–Trinajstić information content (AvgIpc) is 3.58. The van der Waals surface area contributed by atoms with Crippen LogP contribution in [0.4, 0.5) is 35.0 Å². The number of hydrogen-bond acceptors (Lipinski definition) is 5. The number of nitrogens with zero attached hydrogens (tertiary/aromatic N) is 4. The second-order valence-corrected chi connectivity index (χ2v) is 8.43. The van der Waals surface area contributed by atoms with Crippen LogP contribution in [-0.2, 0) is 12.7 Å². The average molecular weight is 420 g/mol. The van der Waals surface area contributed by atoms with Gasteiger partial charge in [0.25, 0.3) is 0 Å². The van der Waals surface area contributed by atoms with E-state index >= 15 is 0 Å². The van der Waals surface area contributed by atoms with Crippen molar-refractivity contribution in [1.82, 2.24) is 19.5 Å². The molecule has 5 rings (SSSR count). The Morgan fingerprint density at radius 3 is 2.63 bits per heavy atom. The molecule has 158 valence electrons. The fourth-order valence-electron chi connectivity index (χ4n) is 3.43. The van der Waals surface area contributed by atoms with Crippen LogP contribution in [0.5, 0.6) is 0 Å². The molecule has 0 aliphatic heterocycles. The van der Waals surface area contributed by atoms with Crippen LogP contribution in [0.15, 0.2) is 24.7 Å². The first-order valence-corrected chi connectivity index (χ1v) is 9.84. The van der Waals surface area contributed by atoms with Gasteiger partial charge in [0.1, 0.15) is 22.8 Å². The SMILES string of the molecule is CC1(Nc2nc(Nc3cn(CC4CC4)c4ncc(F)cc34)ncc2C(F)(F)F)CC1. The maximum Gasteiger partial charge on any atom is 0.421 e. The van der Waals surface area contributed by atoms with Crippen LogP contribution in [-0.4, -0.2) is 25.1 Å². The van der Waals surface area contributed by atoms with Crippen molar-refractivity contribution < 1.29 is 17.6 Å². The Morgan fingerprint density at radius 1 is 1.20 bits per heavy atom. The number of halogens is 4. The molecule has 2 saturated carbocycles. The van der Waals surface area contributed by atoms with Gasteiger partial charge in [0.15, 0.2) is 0 Å². The minimum atomic E-state index is -4.57. The minimum absolute atomic E-state index is 0.00415. The van der Waals surface area contributed by atoms with Crippen molar-refractivity contribution in [2.75, 3.05) is 10.6 Å². The maximum absolute atomic E-state index is 13.8. The first-order valence-electron chi connectivity index (χ1n) is 9.84. The van der Waals surface area contributed by atoms with Gasteiger partial charge in [-0.25, -0.2) is 14.4 Å². The number of alkyl halides is 3. The zero-order chi connectivity index (χ0) is 21.1. The Balaban J connectivity index is 1.51. The van der Waals surface area contributed by atoms with E-state index in [1.165, 1.54) is 6.07 Å². The second kappa shape index (κ2) is 6.55. The van der Waals surface area contributed by atoms with Gasteiger partial charge in [-0.1, -0.05) is 0 Å². The van der Waals surface area contributed by atoms with E-state index in [1.54, 1.807) is 6.20 Å². The van der Waals surface area contributed by atoms with Gasteiger partial charge in [-0.15, -0.1) is 0 Å². The number of pyridine rings is 1. The summed E-state index contributed by atoms with van der Waals surface area (Å²) in [5.41, 5.74) is -0.188. The molecule has 0 radical (unpaired) electrons. The van der Waals surface area contributed by atoms with Crippen LogP contribution in [0.1, 0.15) is 38.2 Å². The van der Waals surface area contributed by atoms with E-state index in [0.29, 0.717) is 22.6 Å². The summed E-state index contributed by atoms with van der Waals surface area (Å²) < 4.78 is 55.9. The summed E-state index contributed by atoms with van der Waals surface area (Å²) in [6.07, 6.45) is 2.96. The lowest BCUT2D eigenvalue weighted by atomic mass is 10.2. The Morgan fingerprint density at radius 2 is 1.97 bits per heavy atom. The van der Waals surface area contributed by atoms with Crippen molar-refractivity contribution in [3.63, 3.8) is 0 Å². The molecule has 2 aliphatic carbocycles. The largest absolute Gasteiger partial charge is 0.421 e. The summed E-state index contributed by atoms with van der Waals surface area (Å²) in [5, 5.41) is 6.38. The van der Waals surface area contributed by atoms with Crippen LogP contribution in [0.2, 0.25) is 0 Å². The quantitative estimate of drug-likeness (QED) is 0.543. The van der Waals surface area contributed by atoms with Gasteiger partial charge in [0, 0.05) is 29.9 Å². The molecule has 10 heteroatoms. The number of fused-ring (bicyclic) bond motifs is 1. The normalized spacial score (nSPS) is 17.9. The highest BCUT2D eigenvalue weighted by Gasteiger charge is 2.42. The molecule has 2 aliphatic rings. The maximum atomic E-state index is 13.8. The fourth-order valence-corrected chi connectivity index (χ4v) is 3.43. The van der Waals surface area contributed by atoms with Crippen molar-refractivity contribution in [1.29, 1.82) is 0 Å². The number of nitrogens with one attached hydrogen (secondary N) is 2. The Bertz CT molecular complexity index is 1110. The summed E-state index contributed by atoms with van der Waals surface area (Å²) >= 11 is 0. The Hall–Kier alpha value is -2.91. The van der Waals surface area contributed by atoms with Gasteiger partial charge < -0.3 is 15.2 Å². The van der Waals surface area contributed by atoms with Gasteiger partial charge in [0.05, 0.1) is 11.9 Å². The number of anilines is 3. The van der Waals surface area contributed by atoms with Gasteiger partial charge in [-0.05, 0) is 44.6 Å². The lowest BCUT2D eigenvalue weighted by Crippen LogP contribution is -2.21. The van der Waals surface area contributed by atoms with E-state index in [1.807, 2.05) is 11.5 Å². The molecule has 3 heterocycles. The summed E-state index contributed by atoms with van der Waals surface area (Å²) in [5.74, 6) is -0.180. The molecule has 2 N–H and O–H groups in total. The zero-order valence-electron chi connectivity index (χ0n) is 16.2. The summed E-state index contributed by atoms with van der Waals surface area (Å²) in [6.45, 7) is 2.61. The lowest BCUT2D eigenvalue weighted by Gasteiger charge is -2.18. The molecule has 0 atom stereocenters. The molecule has 6 nitrogen and oxygen atoms in total. The summed E-state index contributed by atoms with van der Waals surface area (Å²) in [4.78, 5) is 12.1. The smallest absolute Gasteiger partial charge is 0.364 e. The highest BCUT2D eigenvalue weighted by atomic mass is 19.4. The molecule has 3 aromatic heterocycles. The summed E-state index contributed by atoms with van der Waals surface area (Å²) in [7, 11) is 0. The highest BCUT2D eigenvalue weighted by molar-refractivity contribution is 5.92. The van der Waals surface area contributed by atoms with Crippen LogP contribution in [0, 0.1) is 11.7 Å². The molecule has 0 aromatic carbocycles. The molecular weight excluding hydrogens is 400 g/mol. The topological polar surface area (TPSA) is 67.7 Å². The number of hydrogen-bond donors (Lipinski definition) is 2. The van der Waals surface area contributed by atoms with Crippen molar-refractivity contribution in [3.8, 4) is 0 Å². The molecule has 2 fully saturated rings. The fraction of sp³-hybridized carbons (Fsp3) is 0.450. The van der Waals surface area contributed by atoms with Crippen molar-refractivity contribution in [2.45, 2.75) is 50.9 Å².